The number of nitrogens with zero attached hydrogens (tertiary/aromatic N) is 3. The lowest BCUT2D eigenvalue weighted by Crippen LogP contribution is -2.11. The zero-order valence-electron chi connectivity index (χ0n) is 11.6. The number of hydrogen-bond donors (Lipinski definition) is 2. The summed E-state index contributed by atoms with van der Waals surface area (Å²) < 4.78 is 2.19. The number of amides is 1. The minimum Gasteiger partial charge on any atom is -0.480 e. The first kappa shape index (κ1) is 14.2. The van der Waals surface area contributed by atoms with Crippen LogP contribution in [0.1, 0.15) is 15.9 Å². The van der Waals surface area contributed by atoms with Crippen molar-refractivity contribution >= 4 is 38.6 Å². The van der Waals surface area contributed by atoms with Gasteiger partial charge in [0.15, 0.2) is 5.13 Å². The summed E-state index contributed by atoms with van der Waals surface area (Å²) in [6, 6.07) is 5.87. The lowest BCUT2D eigenvalue weighted by molar-refractivity contribution is -0.137. The number of aliphatic carboxylic acids is 1. The van der Waals surface area contributed by atoms with Crippen LogP contribution >= 0.6 is 11.3 Å². The van der Waals surface area contributed by atoms with Crippen LogP contribution in [-0.2, 0) is 11.3 Å². The quantitative estimate of drug-likeness (QED) is 0.768. The molecule has 0 fully saturated rings. The van der Waals surface area contributed by atoms with Gasteiger partial charge in [0.25, 0.3) is 5.91 Å². The molecule has 112 valence electrons. The van der Waals surface area contributed by atoms with E-state index in [4.69, 9.17) is 5.11 Å². The number of carbonyl (C=O) groups is 2. The summed E-state index contributed by atoms with van der Waals surface area (Å²) in [6.45, 7) is 1.71. The first-order valence-corrected chi connectivity index (χ1v) is 7.26. The third kappa shape index (κ3) is 2.96. The van der Waals surface area contributed by atoms with Crippen molar-refractivity contribution in [1.29, 1.82) is 0 Å². The van der Waals surface area contributed by atoms with Crippen molar-refractivity contribution in [2.45, 2.75) is 13.5 Å². The van der Waals surface area contributed by atoms with Gasteiger partial charge in [-0.25, -0.2) is 4.98 Å². The summed E-state index contributed by atoms with van der Waals surface area (Å²) in [7, 11) is 0. The van der Waals surface area contributed by atoms with Crippen molar-refractivity contribution in [2.75, 3.05) is 5.32 Å². The van der Waals surface area contributed by atoms with Gasteiger partial charge in [-0.2, -0.15) is 5.10 Å². The van der Waals surface area contributed by atoms with E-state index in [1.165, 1.54) is 28.4 Å². The predicted molar refractivity (Wildman–Crippen MR) is 82.2 cm³/mol. The fourth-order valence-corrected chi connectivity index (χ4v) is 2.92. The molecule has 0 spiro atoms. The molecule has 0 atom stereocenters. The van der Waals surface area contributed by atoms with Gasteiger partial charge in [0, 0.05) is 6.20 Å². The van der Waals surface area contributed by atoms with E-state index < -0.39 is 5.97 Å². The molecule has 2 N–H and O–H groups in total. The first-order chi connectivity index (χ1) is 10.5. The second kappa shape index (κ2) is 5.57. The van der Waals surface area contributed by atoms with E-state index in [9.17, 15) is 9.59 Å². The summed E-state index contributed by atoms with van der Waals surface area (Å²) in [6.07, 6.45) is 2.72. The average Bonchev–Trinajstić information content (AvgIpc) is 3.03. The Balaban J connectivity index is 1.77. The highest BCUT2D eigenvalue weighted by Gasteiger charge is 2.12. The molecule has 1 amide bonds. The maximum absolute atomic E-state index is 12.1. The number of anilines is 1. The SMILES string of the molecule is Cc1ccc2nc(NC(=O)c3cnn(CC(=O)O)c3)sc2c1. The molecule has 0 unspecified atom stereocenters. The highest BCUT2D eigenvalue weighted by atomic mass is 32.1. The zero-order chi connectivity index (χ0) is 15.7. The smallest absolute Gasteiger partial charge is 0.325 e. The summed E-state index contributed by atoms with van der Waals surface area (Å²) in [4.78, 5) is 27.0. The number of thiazole rings is 1. The molecule has 2 aromatic heterocycles. The average molecular weight is 316 g/mol. The van der Waals surface area contributed by atoms with Crippen molar-refractivity contribution in [3.05, 3.63) is 41.7 Å². The summed E-state index contributed by atoms with van der Waals surface area (Å²) >= 11 is 1.39. The predicted octanol–water partition coefficient (Wildman–Crippen LogP) is 2.14. The monoisotopic (exact) mass is 316 g/mol. The van der Waals surface area contributed by atoms with Crippen LogP contribution < -0.4 is 5.32 Å². The van der Waals surface area contributed by atoms with Crippen molar-refractivity contribution in [2.24, 2.45) is 0 Å². The van der Waals surface area contributed by atoms with E-state index in [0.717, 1.165) is 15.8 Å². The molecule has 0 bridgehead atoms. The number of nitrogens with one attached hydrogen (secondary N) is 1. The molecular formula is C14H12N4O3S. The number of fused-ring (bicyclic) bond motifs is 1. The van der Waals surface area contributed by atoms with Gasteiger partial charge in [-0.1, -0.05) is 17.4 Å². The number of benzene rings is 1. The second-order valence-electron chi connectivity index (χ2n) is 4.76. The summed E-state index contributed by atoms with van der Waals surface area (Å²) in [5, 5.41) is 15.7. The molecule has 0 aliphatic carbocycles. The lowest BCUT2D eigenvalue weighted by atomic mass is 10.2. The van der Waals surface area contributed by atoms with Crippen molar-refractivity contribution < 1.29 is 14.7 Å². The van der Waals surface area contributed by atoms with E-state index in [1.807, 2.05) is 25.1 Å². The van der Waals surface area contributed by atoms with Crippen LogP contribution in [0.25, 0.3) is 10.2 Å². The maximum atomic E-state index is 12.1. The normalized spacial score (nSPS) is 10.8. The summed E-state index contributed by atoms with van der Waals surface area (Å²) in [5.74, 6) is -1.39. The van der Waals surface area contributed by atoms with Crippen LogP contribution in [-0.4, -0.2) is 31.7 Å². The Morgan fingerprint density at radius 1 is 1.41 bits per heavy atom. The number of carbonyl (C=O) groups excluding carboxylic acids is 1. The standard InChI is InChI=1S/C14H12N4O3S/c1-8-2-3-10-11(4-8)22-14(16-10)17-13(21)9-5-15-18(6-9)7-12(19)20/h2-6H,7H2,1H3,(H,19,20)(H,16,17,21). The van der Waals surface area contributed by atoms with Gasteiger partial charge >= 0.3 is 5.97 Å². The number of carboxylic acids is 1. The molecule has 7 nitrogen and oxygen atoms in total. The van der Waals surface area contributed by atoms with Gasteiger partial charge in [0.05, 0.1) is 22.0 Å². The van der Waals surface area contributed by atoms with Gasteiger partial charge in [0.1, 0.15) is 6.54 Å². The molecule has 0 radical (unpaired) electrons. The minimum atomic E-state index is -1.02. The Morgan fingerprint density at radius 3 is 3.00 bits per heavy atom. The van der Waals surface area contributed by atoms with Gasteiger partial charge in [-0.05, 0) is 24.6 Å². The molecule has 3 rings (SSSR count). The van der Waals surface area contributed by atoms with E-state index in [1.54, 1.807) is 0 Å². The van der Waals surface area contributed by atoms with Crippen LogP contribution in [0.4, 0.5) is 5.13 Å². The Labute approximate surface area is 129 Å². The molecule has 1 aromatic carbocycles. The number of hydrogen-bond acceptors (Lipinski definition) is 5. The molecule has 8 heteroatoms. The Morgan fingerprint density at radius 2 is 2.23 bits per heavy atom. The van der Waals surface area contributed by atoms with Crippen LogP contribution in [0.15, 0.2) is 30.6 Å². The van der Waals surface area contributed by atoms with Crippen molar-refractivity contribution in [3.8, 4) is 0 Å². The van der Waals surface area contributed by atoms with E-state index in [0.29, 0.717) is 5.13 Å². The molecule has 0 saturated carbocycles. The van der Waals surface area contributed by atoms with Crippen molar-refractivity contribution in [3.63, 3.8) is 0 Å². The van der Waals surface area contributed by atoms with Gasteiger partial charge in [-0.15, -0.1) is 0 Å². The molecule has 0 aliphatic rings. The Bertz CT molecular complexity index is 868. The van der Waals surface area contributed by atoms with Crippen LogP contribution in [0.5, 0.6) is 0 Å². The van der Waals surface area contributed by atoms with Crippen LogP contribution in [0.3, 0.4) is 0 Å². The summed E-state index contributed by atoms with van der Waals surface area (Å²) in [5.41, 5.74) is 2.24. The number of aryl methyl sites for hydroxylation is 1. The largest absolute Gasteiger partial charge is 0.480 e. The molecular weight excluding hydrogens is 304 g/mol. The first-order valence-electron chi connectivity index (χ1n) is 6.44. The van der Waals surface area contributed by atoms with E-state index >= 15 is 0 Å². The second-order valence-corrected chi connectivity index (χ2v) is 5.80. The Kier molecular flexibility index (Phi) is 3.60. The van der Waals surface area contributed by atoms with Gasteiger partial charge in [-0.3, -0.25) is 19.6 Å². The lowest BCUT2D eigenvalue weighted by Gasteiger charge is -1.97. The van der Waals surface area contributed by atoms with Gasteiger partial charge < -0.3 is 5.11 Å². The number of aromatic nitrogens is 3. The van der Waals surface area contributed by atoms with Gasteiger partial charge in [0.2, 0.25) is 0 Å². The zero-order valence-corrected chi connectivity index (χ0v) is 12.4. The maximum Gasteiger partial charge on any atom is 0.325 e. The fourth-order valence-electron chi connectivity index (χ4n) is 1.96. The van der Waals surface area contributed by atoms with E-state index in [2.05, 4.69) is 15.4 Å². The topological polar surface area (TPSA) is 97.1 Å². The molecule has 2 heterocycles. The van der Waals surface area contributed by atoms with E-state index in [-0.39, 0.29) is 18.0 Å². The van der Waals surface area contributed by atoms with Crippen LogP contribution in [0.2, 0.25) is 0 Å². The Hall–Kier alpha value is -2.74. The van der Waals surface area contributed by atoms with Crippen molar-refractivity contribution in [1.82, 2.24) is 14.8 Å². The highest BCUT2D eigenvalue weighted by molar-refractivity contribution is 7.22. The minimum absolute atomic E-state index is 0.284. The third-order valence-electron chi connectivity index (χ3n) is 2.96. The third-order valence-corrected chi connectivity index (χ3v) is 3.89. The number of carboxylic acid groups (broad SMARTS) is 1. The molecule has 0 saturated heterocycles. The molecule has 0 aliphatic heterocycles. The molecule has 22 heavy (non-hydrogen) atoms. The fraction of sp³-hybridized carbons (Fsp3) is 0.143. The molecule has 3 aromatic rings. The highest BCUT2D eigenvalue weighted by Crippen LogP contribution is 2.26. The number of rotatable bonds is 4. The van der Waals surface area contributed by atoms with Crippen LogP contribution in [0, 0.1) is 6.92 Å².